The monoisotopic (exact) mass is 290 g/mol. The summed E-state index contributed by atoms with van der Waals surface area (Å²) in [5.41, 5.74) is 2.76. The molecule has 0 saturated heterocycles. The van der Waals surface area contributed by atoms with E-state index in [9.17, 15) is 9.90 Å². The number of aryl methyl sites for hydroxylation is 1. The number of benzene rings is 1. The number of rotatable bonds is 5. The smallest absolute Gasteiger partial charge is 0.319 e. The fourth-order valence-electron chi connectivity index (χ4n) is 1.85. The number of urea groups is 1. The molecule has 0 aliphatic carbocycles. The Labute approximate surface area is 122 Å². The van der Waals surface area contributed by atoms with E-state index >= 15 is 0 Å². The lowest BCUT2D eigenvalue weighted by Crippen LogP contribution is -2.30. The van der Waals surface area contributed by atoms with Crippen LogP contribution < -0.4 is 10.6 Å². The molecule has 0 radical (unpaired) electrons. The van der Waals surface area contributed by atoms with Crippen LogP contribution in [-0.2, 0) is 0 Å². The highest BCUT2D eigenvalue weighted by molar-refractivity contribution is 7.07. The minimum atomic E-state index is -0.527. The average molecular weight is 290 g/mol. The highest BCUT2D eigenvalue weighted by atomic mass is 32.1. The van der Waals surface area contributed by atoms with Gasteiger partial charge in [-0.15, -0.1) is 0 Å². The number of carbonyl (C=O) groups excluding carboxylic acids is 1. The van der Waals surface area contributed by atoms with Crippen molar-refractivity contribution in [2.24, 2.45) is 0 Å². The minimum absolute atomic E-state index is 0.256. The minimum Gasteiger partial charge on any atom is -0.388 e. The molecule has 1 aromatic carbocycles. The molecule has 5 heteroatoms. The summed E-state index contributed by atoms with van der Waals surface area (Å²) in [5.74, 6) is 0. The third-order valence-corrected chi connectivity index (χ3v) is 3.61. The summed E-state index contributed by atoms with van der Waals surface area (Å²) in [5, 5.41) is 19.2. The van der Waals surface area contributed by atoms with Gasteiger partial charge in [-0.05, 0) is 53.4 Å². The second kappa shape index (κ2) is 7.07. The third-order valence-electron chi connectivity index (χ3n) is 2.91. The molecule has 0 bridgehead atoms. The second-order valence-corrected chi connectivity index (χ2v) is 5.39. The van der Waals surface area contributed by atoms with Crippen molar-refractivity contribution in [3.63, 3.8) is 0 Å². The lowest BCUT2D eigenvalue weighted by atomic mass is 10.1. The molecule has 1 atom stereocenters. The number of hydrogen-bond acceptors (Lipinski definition) is 3. The van der Waals surface area contributed by atoms with Crippen molar-refractivity contribution in [1.82, 2.24) is 5.32 Å². The molecular weight excluding hydrogens is 272 g/mol. The van der Waals surface area contributed by atoms with Gasteiger partial charge >= 0.3 is 6.03 Å². The Morgan fingerprint density at radius 3 is 2.95 bits per heavy atom. The van der Waals surface area contributed by atoms with Gasteiger partial charge in [0.15, 0.2) is 0 Å². The van der Waals surface area contributed by atoms with Crippen molar-refractivity contribution in [3.8, 4) is 0 Å². The summed E-state index contributed by atoms with van der Waals surface area (Å²) < 4.78 is 0. The van der Waals surface area contributed by atoms with Crippen LogP contribution in [-0.4, -0.2) is 17.7 Å². The van der Waals surface area contributed by atoms with Gasteiger partial charge < -0.3 is 15.7 Å². The zero-order valence-electron chi connectivity index (χ0n) is 11.3. The van der Waals surface area contributed by atoms with Crippen LogP contribution in [0.3, 0.4) is 0 Å². The zero-order chi connectivity index (χ0) is 14.4. The first-order valence-electron chi connectivity index (χ1n) is 6.47. The van der Waals surface area contributed by atoms with Gasteiger partial charge in [-0.2, -0.15) is 11.3 Å². The van der Waals surface area contributed by atoms with Crippen LogP contribution in [0.4, 0.5) is 10.5 Å². The van der Waals surface area contributed by atoms with E-state index in [4.69, 9.17) is 0 Å². The number of aliphatic hydroxyl groups excluding tert-OH is 1. The maximum absolute atomic E-state index is 11.7. The van der Waals surface area contributed by atoms with E-state index in [2.05, 4.69) is 10.6 Å². The van der Waals surface area contributed by atoms with Crippen molar-refractivity contribution in [3.05, 3.63) is 52.2 Å². The van der Waals surface area contributed by atoms with Crippen LogP contribution >= 0.6 is 11.3 Å². The fourth-order valence-corrected chi connectivity index (χ4v) is 2.56. The van der Waals surface area contributed by atoms with Gasteiger partial charge in [0.2, 0.25) is 0 Å². The Kier molecular flexibility index (Phi) is 5.15. The van der Waals surface area contributed by atoms with E-state index < -0.39 is 6.10 Å². The molecule has 1 heterocycles. The van der Waals surface area contributed by atoms with Gasteiger partial charge in [0.25, 0.3) is 0 Å². The lowest BCUT2D eigenvalue weighted by Gasteiger charge is -2.11. The third kappa shape index (κ3) is 4.36. The maximum atomic E-state index is 11.7. The van der Waals surface area contributed by atoms with Crippen LogP contribution in [0.15, 0.2) is 41.1 Å². The molecule has 1 aromatic heterocycles. The Hall–Kier alpha value is -1.85. The van der Waals surface area contributed by atoms with E-state index in [1.54, 1.807) is 11.3 Å². The molecule has 0 aliphatic heterocycles. The SMILES string of the molecule is Cc1cccc(NC(=O)NCCC(O)c2ccsc2)c1. The molecule has 0 saturated carbocycles. The summed E-state index contributed by atoms with van der Waals surface area (Å²) >= 11 is 1.55. The highest BCUT2D eigenvalue weighted by Crippen LogP contribution is 2.18. The van der Waals surface area contributed by atoms with Crippen LogP contribution in [0.1, 0.15) is 23.7 Å². The predicted molar refractivity (Wildman–Crippen MR) is 82.1 cm³/mol. The lowest BCUT2D eigenvalue weighted by molar-refractivity contribution is 0.168. The van der Waals surface area contributed by atoms with Crippen molar-refractivity contribution in [1.29, 1.82) is 0 Å². The number of anilines is 1. The van der Waals surface area contributed by atoms with Gasteiger partial charge in [-0.1, -0.05) is 12.1 Å². The summed E-state index contributed by atoms with van der Waals surface area (Å²) in [6.45, 7) is 2.40. The standard InChI is InChI=1S/C15H18N2O2S/c1-11-3-2-4-13(9-11)17-15(19)16-7-5-14(18)12-6-8-20-10-12/h2-4,6,8-10,14,18H,5,7H2,1H3,(H2,16,17,19). The zero-order valence-corrected chi connectivity index (χ0v) is 12.1. The Morgan fingerprint density at radius 1 is 1.40 bits per heavy atom. The predicted octanol–water partition coefficient (Wildman–Crippen LogP) is 3.30. The summed E-state index contributed by atoms with van der Waals surface area (Å²) in [4.78, 5) is 11.7. The molecule has 0 fully saturated rings. The first-order chi connectivity index (χ1) is 9.65. The van der Waals surface area contributed by atoms with Gasteiger partial charge in [-0.3, -0.25) is 0 Å². The molecule has 2 rings (SSSR count). The number of hydrogen-bond donors (Lipinski definition) is 3. The number of amides is 2. The Balaban J connectivity index is 1.73. The quantitative estimate of drug-likeness (QED) is 0.791. The highest BCUT2D eigenvalue weighted by Gasteiger charge is 2.08. The first kappa shape index (κ1) is 14.6. The van der Waals surface area contributed by atoms with E-state index in [-0.39, 0.29) is 6.03 Å². The molecule has 1 unspecified atom stereocenters. The van der Waals surface area contributed by atoms with Crippen LogP contribution in [0.25, 0.3) is 0 Å². The Morgan fingerprint density at radius 2 is 2.25 bits per heavy atom. The topological polar surface area (TPSA) is 61.4 Å². The van der Waals surface area contributed by atoms with Crippen LogP contribution in [0.5, 0.6) is 0 Å². The average Bonchev–Trinajstić information content (AvgIpc) is 2.92. The van der Waals surface area contributed by atoms with Crippen LogP contribution in [0.2, 0.25) is 0 Å². The van der Waals surface area contributed by atoms with E-state index in [0.717, 1.165) is 16.8 Å². The molecule has 106 valence electrons. The van der Waals surface area contributed by atoms with E-state index in [0.29, 0.717) is 13.0 Å². The maximum Gasteiger partial charge on any atom is 0.319 e. The fraction of sp³-hybridized carbons (Fsp3) is 0.267. The van der Waals surface area contributed by atoms with E-state index in [1.807, 2.05) is 48.0 Å². The second-order valence-electron chi connectivity index (χ2n) is 4.61. The number of aliphatic hydroxyl groups is 1. The number of nitrogens with one attached hydrogen (secondary N) is 2. The molecule has 2 amide bonds. The molecule has 20 heavy (non-hydrogen) atoms. The molecule has 0 spiro atoms. The van der Waals surface area contributed by atoms with Crippen molar-refractivity contribution in [2.75, 3.05) is 11.9 Å². The van der Waals surface area contributed by atoms with Gasteiger partial charge in [0.1, 0.15) is 0 Å². The van der Waals surface area contributed by atoms with Crippen molar-refractivity contribution in [2.45, 2.75) is 19.4 Å². The van der Waals surface area contributed by atoms with Gasteiger partial charge in [0.05, 0.1) is 6.10 Å². The van der Waals surface area contributed by atoms with E-state index in [1.165, 1.54) is 0 Å². The summed E-state index contributed by atoms with van der Waals surface area (Å²) in [6.07, 6.45) is -0.0293. The van der Waals surface area contributed by atoms with Gasteiger partial charge in [0, 0.05) is 12.2 Å². The first-order valence-corrected chi connectivity index (χ1v) is 7.41. The molecule has 4 nitrogen and oxygen atoms in total. The molecule has 3 N–H and O–H groups in total. The number of thiophene rings is 1. The molecule has 0 aliphatic rings. The van der Waals surface area contributed by atoms with Crippen LogP contribution in [0, 0.1) is 6.92 Å². The largest absolute Gasteiger partial charge is 0.388 e. The number of carbonyl (C=O) groups is 1. The summed E-state index contributed by atoms with van der Waals surface area (Å²) in [6, 6.07) is 9.24. The van der Waals surface area contributed by atoms with Gasteiger partial charge in [-0.25, -0.2) is 4.79 Å². The summed E-state index contributed by atoms with van der Waals surface area (Å²) in [7, 11) is 0. The molecular formula is C15H18N2O2S. The normalized spacial score (nSPS) is 11.9. The molecule has 2 aromatic rings. The Bertz CT molecular complexity index is 555. The van der Waals surface area contributed by atoms with Crippen molar-refractivity contribution < 1.29 is 9.90 Å². The van der Waals surface area contributed by atoms with Crippen molar-refractivity contribution >= 4 is 23.1 Å².